The second kappa shape index (κ2) is 15.5. The standard InChI is InChI=1S/C21H21N.3C2H6/c1-17(2)18-13-15-21(16-14-18)22(19-9-5-3-6-10-19)20-11-7-4-8-12-20;3*1-2/h3-17H,1-2H3;3*1-2H3. The first-order valence-electron chi connectivity index (χ1n) is 10.8. The van der Waals surface area contributed by atoms with E-state index in [9.17, 15) is 0 Å². The molecule has 0 aliphatic rings. The first kappa shape index (κ1) is 25.5. The Labute approximate surface area is 174 Å². The zero-order valence-corrected chi connectivity index (χ0v) is 19.1. The van der Waals surface area contributed by atoms with Gasteiger partial charge in [0.15, 0.2) is 0 Å². The van der Waals surface area contributed by atoms with Crippen molar-refractivity contribution in [1.82, 2.24) is 0 Å². The molecule has 3 rings (SSSR count). The van der Waals surface area contributed by atoms with Crippen LogP contribution >= 0.6 is 0 Å². The van der Waals surface area contributed by atoms with Crippen LogP contribution in [-0.2, 0) is 0 Å². The largest absolute Gasteiger partial charge is 0.311 e. The van der Waals surface area contributed by atoms with Gasteiger partial charge in [0.05, 0.1) is 0 Å². The fourth-order valence-corrected chi connectivity index (χ4v) is 2.61. The maximum Gasteiger partial charge on any atom is 0.0461 e. The molecular formula is C27H39N. The predicted molar refractivity (Wildman–Crippen MR) is 129 cm³/mol. The van der Waals surface area contributed by atoms with E-state index in [0.29, 0.717) is 5.92 Å². The molecule has 152 valence electrons. The number of para-hydroxylation sites is 2. The molecule has 3 aromatic carbocycles. The van der Waals surface area contributed by atoms with Gasteiger partial charge in [0.25, 0.3) is 0 Å². The van der Waals surface area contributed by atoms with E-state index in [-0.39, 0.29) is 0 Å². The third-order valence-electron chi connectivity index (χ3n) is 3.85. The molecule has 1 nitrogen and oxygen atoms in total. The molecule has 3 aromatic rings. The molecule has 0 aliphatic carbocycles. The van der Waals surface area contributed by atoms with Crippen molar-refractivity contribution >= 4 is 17.1 Å². The summed E-state index contributed by atoms with van der Waals surface area (Å²) in [6, 6.07) is 29.8. The molecular weight excluding hydrogens is 338 g/mol. The van der Waals surface area contributed by atoms with Crippen LogP contribution in [0, 0.1) is 0 Å². The van der Waals surface area contributed by atoms with Crippen LogP contribution in [-0.4, -0.2) is 0 Å². The van der Waals surface area contributed by atoms with Gasteiger partial charge in [-0.15, -0.1) is 0 Å². The zero-order valence-electron chi connectivity index (χ0n) is 19.1. The Morgan fingerprint density at radius 3 is 1.11 bits per heavy atom. The Bertz CT molecular complexity index is 661. The van der Waals surface area contributed by atoms with E-state index >= 15 is 0 Å². The molecule has 0 bridgehead atoms. The topological polar surface area (TPSA) is 3.24 Å². The smallest absolute Gasteiger partial charge is 0.0461 e. The summed E-state index contributed by atoms with van der Waals surface area (Å²) < 4.78 is 0. The summed E-state index contributed by atoms with van der Waals surface area (Å²) in [6.07, 6.45) is 0. The summed E-state index contributed by atoms with van der Waals surface area (Å²) in [6.45, 7) is 16.4. The van der Waals surface area contributed by atoms with Crippen molar-refractivity contribution in [3.63, 3.8) is 0 Å². The van der Waals surface area contributed by atoms with E-state index in [0.717, 1.165) is 0 Å². The van der Waals surface area contributed by atoms with Crippen LogP contribution in [0.15, 0.2) is 84.9 Å². The maximum absolute atomic E-state index is 2.28. The van der Waals surface area contributed by atoms with Gasteiger partial charge in [-0.2, -0.15) is 0 Å². The summed E-state index contributed by atoms with van der Waals surface area (Å²) in [5.41, 5.74) is 4.89. The van der Waals surface area contributed by atoms with Crippen LogP contribution in [0.1, 0.15) is 66.9 Å². The average Bonchev–Trinajstić information content (AvgIpc) is 2.80. The van der Waals surface area contributed by atoms with E-state index < -0.39 is 0 Å². The second-order valence-corrected chi connectivity index (χ2v) is 5.75. The van der Waals surface area contributed by atoms with Crippen LogP contribution < -0.4 is 4.90 Å². The van der Waals surface area contributed by atoms with Crippen molar-refractivity contribution in [2.45, 2.75) is 61.3 Å². The summed E-state index contributed by atoms with van der Waals surface area (Å²) in [7, 11) is 0. The van der Waals surface area contributed by atoms with E-state index in [1.807, 2.05) is 41.5 Å². The van der Waals surface area contributed by atoms with Crippen molar-refractivity contribution in [3.05, 3.63) is 90.5 Å². The van der Waals surface area contributed by atoms with Crippen LogP contribution in [0.5, 0.6) is 0 Å². The number of anilines is 3. The lowest BCUT2D eigenvalue weighted by atomic mass is 10.0. The molecule has 0 spiro atoms. The molecule has 0 unspecified atom stereocenters. The van der Waals surface area contributed by atoms with Gasteiger partial charge >= 0.3 is 0 Å². The average molecular weight is 378 g/mol. The number of rotatable bonds is 4. The Hall–Kier alpha value is -2.54. The number of hydrogen-bond donors (Lipinski definition) is 0. The van der Waals surface area contributed by atoms with E-state index in [2.05, 4.69) is 104 Å². The Balaban J connectivity index is 0.00000111. The maximum atomic E-state index is 2.28. The van der Waals surface area contributed by atoms with Crippen molar-refractivity contribution in [1.29, 1.82) is 0 Å². The first-order valence-corrected chi connectivity index (χ1v) is 10.8. The lowest BCUT2D eigenvalue weighted by Gasteiger charge is -2.25. The lowest BCUT2D eigenvalue weighted by molar-refractivity contribution is 0.866. The molecule has 0 radical (unpaired) electrons. The number of benzene rings is 3. The monoisotopic (exact) mass is 377 g/mol. The van der Waals surface area contributed by atoms with E-state index in [4.69, 9.17) is 0 Å². The van der Waals surface area contributed by atoms with Crippen LogP contribution in [0.4, 0.5) is 17.1 Å². The minimum Gasteiger partial charge on any atom is -0.311 e. The predicted octanol–water partition coefficient (Wildman–Crippen LogP) is 9.36. The van der Waals surface area contributed by atoms with E-state index in [1.54, 1.807) is 0 Å². The van der Waals surface area contributed by atoms with Crippen molar-refractivity contribution in [2.24, 2.45) is 0 Å². The van der Waals surface area contributed by atoms with Crippen LogP contribution in [0.25, 0.3) is 0 Å². The molecule has 28 heavy (non-hydrogen) atoms. The molecule has 0 saturated heterocycles. The summed E-state index contributed by atoms with van der Waals surface area (Å²) in [4.78, 5) is 2.28. The Kier molecular flexibility index (Phi) is 14.1. The molecule has 0 saturated carbocycles. The minimum absolute atomic E-state index is 0.552. The van der Waals surface area contributed by atoms with Gasteiger partial charge in [-0.1, -0.05) is 104 Å². The van der Waals surface area contributed by atoms with Crippen molar-refractivity contribution in [2.75, 3.05) is 4.90 Å². The molecule has 0 aliphatic heterocycles. The highest BCUT2D eigenvalue weighted by atomic mass is 15.1. The highest BCUT2D eigenvalue weighted by molar-refractivity contribution is 5.76. The number of hydrogen-bond acceptors (Lipinski definition) is 1. The molecule has 0 atom stereocenters. The van der Waals surface area contributed by atoms with Gasteiger partial charge in [-0.25, -0.2) is 0 Å². The fraction of sp³-hybridized carbons (Fsp3) is 0.333. The third-order valence-corrected chi connectivity index (χ3v) is 3.85. The van der Waals surface area contributed by atoms with Gasteiger partial charge in [0, 0.05) is 17.1 Å². The molecule has 0 heterocycles. The van der Waals surface area contributed by atoms with Gasteiger partial charge < -0.3 is 4.90 Å². The normalized spacial score (nSPS) is 9.04. The molecule has 0 fully saturated rings. The fourth-order valence-electron chi connectivity index (χ4n) is 2.61. The SMILES string of the molecule is CC.CC.CC.CC(C)c1ccc(N(c2ccccc2)c2ccccc2)cc1. The zero-order chi connectivity index (χ0) is 21.4. The highest BCUT2D eigenvalue weighted by Crippen LogP contribution is 2.34. The summed E-state index contributed by atoms with van der Waals surface area (Å²) >= 11 is 0. The summed E-state index contributed by atoms with van der Waals surface area (Å²) in [5, 5.41) is 0. The Morgan fingerprint density at radius 2 is 0.786 bits per heavy atom. The highest BCUT2D eigenvalue weighted by Gasteiger charge is 2.11. The quantitative estimate of drug-likeness (QED) is 0.437. The van der Waals surface area contributed by atoms with Gasteiger partial charge in [-0.05, 0) is 47.9 Å². The second-order valence-electron chi connectivity index (χ2n) is 5.75. The molecule has 0 N–H and O–H groups in total. The van der Waals surface area contributed by atoms with Gasteiger partial charge in [0.2, 0.25) is 0 Å². The molecule has 0 amide bonds. The van der Waals surface area contributed by atoms with Crippen molar-refractivity contribution in [3.8, 4) is 0 Å². The Morgan fingerprint density at radius 1 is 0.464 bits per heavy atom. The molecule has 0 aromatic heterocycles. The van der Waals surface area contributed by atoms with Crippen molar-refractivity contribution < 1.29 is 0 Å². The van der Waals surface area contributed by atoms with E-state index in [1.165, 1.54) is 22.6 Å². The van der Waals surface area contributed by atoms with Gasteiger partial charge in [0.1, 0.15) is 0 Å². The molecule has 1 heteroatoms. The first-order chi connectivity index (χ1) is 13.8. The third kappa shape index (κ3) is 7.60. The van der Waals surface area contributed by atoms with Crippen LogP contribution in [0.3, 0.4) is 0 Å². The lowest BCUT2D eigenvalue weighted by Crippen LogP contribution is -2.09. The number of nitrogens with zero attached hydrogens (tertiary/aromatic N) is 1. The summed E-state index contributed by atoms with van der Waals surface area (Å²) in [5.74, 6) is 0.552. The van der Waals surface area contributed by atoms with Gasteiger partial charge in [-0.3, -0.25) is 0 Å². The minimum atomic E-state index is 0.552. The van der Waals surface area contributed by atoms with Crippen LogP contribution in [0.2, 0.25) is 0 Å².